The maximum Gasteiger partial charge on any atom is 0.188 e. The summed E-state index contributed by atoms with van der Waals surface area (Å²) in [4.78, 5) is 12.2. The highest BCUT2D eigenvalue weighted by molar-refractivity contribution is 6.09. The van der Waals surface area contributed by atoms with Crippen LogP contribution < -0.4 is 0 Å². The van der Waals surface area contributed by atoms with Crippen LogP contribution in [0.15, 0.2) is 70.6 Å². The zero-order chi connectivity index (χ0) is 18.3. The van der Waals surface area contributed by atoms with Crippen LogP contribution in [-0.4, -0.2) is 22.6 Å². The molecule has 0 amide bonds. The highest BCUT2D eigenvalue weighted by Gasteiger charge is 2.34. The number of aliphatic hydroxyl groups excluding tert-OH is 2. The second-order valence-electron chi connectivity index (χ2n) is 6.82. The first-order valence-electron chi connectivity index (χ1n) is 8.13. The van der Waals surface area contributed by atoms with Crippen LogP contribution in [0.2, 0.25) is 0 Å². The van der Waals surface area contributed by atoms with E-state index in [1.165, 1.54) is 0 Å². The maximum atomic E-state index is 12.2. The lowest BCUT2D eigenvalue weighted by Gasteiger charge is -2.33. The van der Waals surface area contributed by atoms with Gasteiger partial charge in [-0.3, -0.25) is 4.79 Å². The molecule has 0 fully saturated rings. The fraction of sp³-hybridized carbons (Fsp3) is 0.381. The molecule has 0 unspecified atom stereocenters. The fourth-order valence-electron chi connectivity index (χ4n) is 2.81. The first-order chi connectivity index (χ1) is 11.2. The molecule has 24 heavy (non-hydrogen) atoms. The van der Waals surface area contributed by atoms with Crippen molar-refractivity contribution in [2.24, 2.45) is 5.41 Å². The van der Waals surface area contributed by atoms with Crippen LogP contribution in [0.4, 0.5) is 0 Å². The molecule has 0 heterocycles. The van der Waals surface area contributed by atoms with E-state index in [4.69, 9.17) is 5.11 Å². The summed E-state index contributed by atoms with van der Waals surface area (Å²) in [5.41, 5.74) is 4.04. The van der Waals surface area contributed by atoms with E-state index in [9.17, 15) is 9.90 Å². The van der Waals surface area contributed by atoms with Crippen molar-refractivity contribution in [3.05, 3.63) is 70.6 Å². The van der Waals surface area contributed by atoms with Gasteiger partial charge in [-0.05, 0) is 38.2 Å². The largest absolute Gasteiger partial charge is 0.515 e. The number of allylic oxidation sites excluding steroid dienone is 10. The van der Waals surface area contributed by atoms with E-state index in [-0.39, 0.29) is 17.8 Å². The van der Waals surface area contributed by atoms with Crippen molar-refractivity contribution in [2.75, 3.05) is 6.61 Å². The molecule has 2 N–H and O–H groups in total. The van der Waals surface area contributed by atoms with Crippen LogP contribution in [-0.2, 0) is 4.79 Å². The number of hydrogen-bond donors (Lipinski definition) is 2. The number of ketones is 1. The van der Waals surface area contributed by atoms with E-state index in [0.717, 1.165) is 23.0 Å². The van der Waals surface area contributed by atoms with Crippen LogP contribution in [0, 0.1) is 5.41 Å². The first-order valence-corrected chi connectivity index (χ1v) is 8.13. The van der Waals surface area contributed by atoms with Gasteiger partial charge in [-0.2, -0.15) is 0 Å². The molecule has 0 saturated heterocycles. The summed E-state index contributed by atoms with van der Waals surface area (Å²) in [6.45, 7) is 9.94. The molecule has 0 aromatic heterocycles. The molecule has 0 radical (unpaired) electrons. The molecule has 1 aliphatic carbocycles. The van der Waals surface area contributed by atoms with Crippen molar-refractivity contribution in [2.45, 2.75) is 41.0 Å². The summed E-state index contributed by atoms with van der Waals surface area (Å²) in [7, 11) is 0. The molecule has 0 aromatic rings. The molecular formula is C21H28O3. The molecule has 0 spiro atoms. The summed E-state index contributed by atoms with van der Waals surface area (Å²) in [6, 6.07) is 0. The van der Waals surface area contributed by atoms with Gasteiger partial charge in [-0.25, -0.2) is 0 Å². The Kier molecular flexibility index (Phi) is 7.18. The summed E-state index contributed by atoms with van der Waals surface area (Å²) >= 11 is 0. The zero-order valence-corrected chi connectivity index (χ0v) is 15.3. The van der Waals surface area contributed by atoms with Gasteiger partial charge in [0.15, 0.2) is 5.78 Å². The second-order valence-corrected chi connectivity index (χ2v) is 6.82. The second kappa shape index (κ2) is 8.65. The van der Waals surface area contributed by atoms with Gasteiger partial charge in [-0.1, -0.05) is 61.4 Å². The number of Topliss-reactive ketones (excluding diaryl/α,β-unsaturated/α-hetero) is 1. The predicted octanol–water partition coefficient (Wildman–Crippen LogP) is 4.74. The minimum absolute atomic E-state index is 0.0413. The normalized spacial score (nSPS) is 21.6. The van der Waals surface area contributed by atoms with Gasteiger partial charge in [-0.15, -0.1) is 0 Å². The number of hydrogen-bond acceptors (Lipinski definition) is 3. The van der Waals surface area contributed by atoms with Gasteiger partial charge in [0.2, 0.25) is 0 Å². The minimum Gasteiger partial charge on any atom is -0.515 e. The van der Waals surface area contributed by atoms with Gasteiger partial charge < -0.3 is 10.2 Å². The first kappa shape index (κ1) is 19.9. The summed E-state index contributed by atoms with van der Waals surface area (Å²) in [5.74, 6) is -0.0808. The highest BCUT2D eigenvalue weighted by atomic mass is 16.3. The molecule has 130 valence electrons. The molecule has 0 aliphatic heterocycles. The third-order valence-corrected chi connectivity index (χ3v) is 4.20. The van der Waals surface area contributed by atoms with Crippen molar-refractivity contribution in [1.82, 2.24) is 0 Å². The Labute approximate surface area is 145 Å². The predicted molar refractivity (Wildman–Crippen MR) is 99.7 cm³/mol. The molecule has 3 heteroatoms. The number of carbonyl (C=O) groups is 1. The van der Waals surface area contributed by atoms with Crippen LogP contribution >= 0.6 is 0 Å². The highest BCUT2D eigenvalue weighted by Crippen LogP contribution is 2.41. The van der Waals surface area contributed by atoms with Crippen molar-refractivity contribution >= 4 is 5.78 Å². The average molecular weight is 328 g/mol. The van der Waals surface area contributed by atoms with E-state index >= 15 is 0 Å². The van der Waals surface area contributed by atoms with E-state index in [0.29, 0.717) is 17.6 Å². The fourth-order valence-corrected chi connectivity index (χ4v) is 2.81. The Balaban J connectivity index is 3.01. The van der Waals surface area contributed by atoms with E-state index in [1.54, 1.807) is 6.08 Å². The molecule has 0 atom stereocenters. The smallest absolute Gasteiger partial charge is 0.188 e. The Bertz CT molecular complexity index is 665. The molecular weight excluding hydrogens is 300 g/mol. The molecule has 3 nitrogen and oxygen atoms in total. The van der Waals surface area contributed by atoms with Crippen LogP contribution in [0.3, 0.4) is 0 Å². The van der Waals surface area contributed by atoms with Crippen molar-refractivity contribution < 1.29 is 15.0 Å². The third kappa shape index (κ3) is 5.20. The lowest BCUT2D eigenvalue weighted by Crippen LogP contribution is -2.26. The molecule has 1 rings (SSSR count). The SMILES string of the molecule is CC1=C(/C=C/C(C)=C/C=C/C(C)=C/CO)C(C)(C)C/C(=C/O)C1=O. The monoisotopic (exact) mass is 328 g/mol. The number of rotatable bonds is 5. The van der Waals surface area contributed by atoms with Gasteiger partial charge in [0.25, 0.3) is 0 Å². The third-order valence-electron chi connectivity index (χ3n) is 4.20. The summed E-state index contributed by atoms with van der Waals surface area (Å²) in [6.07, 6.45) is 13.1. The molecule has 0 aromatic carbocycles. The van der Waals surface area contributed by atoms with E-state index < -0.39 is 0 Å². The van der Waals surface area contributed by atoms with Crippen molar-refractivity contribution in [3.8, 4) is 0 Å². The molecule has 0 bridgehead atoms. The summed E-state index contributed by atoms with van der Waals surface area (Å²) in [5, 5.41) is 18.1. The zero-order valence-electron chi connectivity index (χ0n) is 15.3. The lowest BCUT2D eigenvalue weighted by molar-refractivity contribution is -0.113. The number of carbonyl (C=O) groups excluding carboxylic acids is 1. The number of aliphatic hydroxyl groups is 2. The van der Waals surface area contributed by atoms with Crippen LogP contribution in [0.25, 0.3) is 0 Å². The van der Waals surface area contributed by atoms with Gasteiger partial charge in [0.05, 0.1) is 12.9 Å². The maximum absolute atomic E-state index is 12.2. The average Bonchev–Trinajstić information content (AvgIpc) is 2.50. The van der Waals surface area contributed by atoms with Gasteiger partial charge in [0, 0.05) is 11.1 Å². The quantitative estimate of drug-likeness (QED) is 0.435. The Morgan fingerprint density at radius 1 is 1.21 bits per heavy atom. The summed E-state index contributed by atoms with van der Waals surface area (Å²) < 4.78 is 0. The van der Waals surface area contributed by atoms with Gasteiger partial charge >= 0.3 is 0 Å². The van der Waals surface area contributed by atoms with Gasteiger partial charge in [0.1, 0.15) is 0 Å². The Morgan fingerprint density at radius 2 is 1.88 bits per heavy atom. The minimum atomic E-state index is -0.195. The standard InChI is InChI=1S/C21H28O3/c1-15(7-6-8-16(2)11-12-22)9-10-19-17(3)20(24)18(14-23)13-21(19,4)5/h6-11,14,22-23H,12-13H2,1-5H3/b8-6+,10-9+,15-7+,16-11+,18-14-. The molecule has 0 saturated carbocycles. The van der Waals surface area contributed by atoms with Crippen LogP contribution in [0.1, 0.15) is 41.0 Å². The van der Waals surface area contributed by atoms with E-state index in [2.05, 4.69) is 13.8 Å². The Morgan fingerprint density at radius 3 is 2.46 bits per heavy atom. The molecule has 1 aliphatic rings. The topological polar surface area (TPSA) is 57.5 Å². The van der Waals surface area contributed by atoms with Crippen LogP contribution in [0.5, 0.6) is 0 Å². The van der Waals surface area contributed by atoms with E-state index in [1.807, 2.05) is 51.2 Å². The van der Waals surface area contributed by atoms with Crippen molar-refractivity contribution in [3.63, 3.8) is 0 Å². The lowest BCUT2D eigenvalue weighted by atomic mass is 9.70. The Hall–Kier alpha value is -2.13. The van der Waals surface area contributed by atoms with Crippen molar-refractivity contribution in [1.29, 1.82) is 0 Å².